The van der Waals surface area contributed by atoms with Crippen LogP contribution in [0, 0.1) is 0 Å². The third kappa shape index (κ3) is 4.56. The van der Waals surface area contributed by atoms with E-state index in [9.17, 15) is 14.4 Å². The lowest BCUT2D eigenvalue weighted by atomic mass is 10.1. The smallest absolute Gasteiger partial charge is 0.355 e. The molecule has 1 aliphatic rings. The number of ether oxygens (including phenoxy) is 2. The van der Waals surface area contributed by atoms with Crippen molar-refractivity contribution in [3.05, 3.63) is 95.9 Å². The Balaban J connectivity index is 1.95. The van der Waals surface area contributed by atoms with E-state index in [4.69, 9.17) is 9.47 Å². The van der Waals surface area contributed by atoms with E-state index in [1.807, 2.05) is 30.3 Å². The number of carbonyl (C=O) groups excluding carboxylic acids is 3. The molecule has 1 heterocycles. The monoisotopic (exact) mass is 418 g/mol. The van der Waals surface area contributed by atoms with Crippen LogP contribution in [-0.2, 0) is 19.1 Å². The SMILES string of the molecule is COC(=O)C1=C(C(=O)OC)N(c2ccc(C(=O)N(C)c3ccccc3)cc2)C=CC=C1. The summed E-state index contributed by atoms with van der Waals surface area (Å²) in [7, 11) is 4.18. The zero-order valence-corrected chi connectivity index (χ0v) is 17.4. The maximum atomic E-state index is 12.8. The van der Waals surface area contributed by atoms with Crippen molar-refractivity contribution < 1.29 is 23.9 Å². The molecule has 2 aromatic carbocycles. The second-order valence-electron chi connectivity index (χ2n) is 6.56. The molecule has 3 rings (SSSR count). The highest BCUT2D eigenvalue weighted by atomic mass is 16.5. The number of allylic oxidation sites excluding steroid dienone is 2. The lowest BCUT2D eigenvalue weighted by molar-refractivity contribution is -0.139. The highest BCUT2D eigenvalue weighted by Crippen LogP contribution is 2.27. The molecule has 0 unspecified atom stereocenters. The number of para-hydroxylation sites is 1. The van der Waals surface area contributed by atoms with Crippen molar-refractivity contribution in [2.24, 2.45) is 0 Å². The number of carbonyl (C=O) groups is 3. The van der Waals surface area contributed by atoms with Gasteiger partial charge in [0.15, 0.2) is 0 Å². The van der Waals surface area contributed by atoms with Gasteiger partial charge in [-0.05, 0) is 48.6 Å². The Morgan fingerprint density at radius 2 is 1.48 bits per heavy atom. The van der Waals surface area contributed by atoms with Gasteiger partial charge in [-0.2, -0.15) is 0 Å². The van der Waals surface area contributed by atoms with Gasteiger partial charge in [-0.1, -0.05) is 24.3 Å². The fourth-order valence-corrected chi connectivity index (χ4v) is 3.09. The number of amides is 1. The van der Waals surface area contributed by atoms with E-state index in [0.717, 1.165) is 5.69 Å². The van der Waals surface area contributed by atoms with Crippen LogP contribution >= 0.6 is 0 Å². The van der Waals surface area contributed by atoms with Gasteiger partial charge in [-0.3, -0.25) is 4.79 Å². The van der Waals surface area contributed by atoms with Crippen molar-refractivity contribution >= 4 is 29.2 Å². The van der Waals surface area contributed by atoms with E-state index >= 15 is 0 Å². The Morgan fingerprint density at radius 1 is 0.839 bits per heavy atom. The summed E-state index contributed by atoms with van der Waals surface area (Å²) in [6, 6.07) is 16.0. The summed E-state index contributed by atoms with van der Waals surface area (Å²) < 4.78 is 9.70. The zero-order valence-electron chi connectivity index (χ0n) is 17.4. The van der Waals surface area contributed by atoms with Crippen LogP contribution in [0.5, 0.6) is 0 Å². The number of rotatable bonds is 5. The van der Waals surface area contributed by atoms with Crippen LogP contribution in [0.4, 0.5) is 11.4 Å². The van der Waals surface area contributed by atoms with Crippen molar-refractivity contribution in [3.8, 4) is 0 Å². The summed E-state index contributed by atoms with van der Waals surface area (Å²) in [5.74, 6) is -1.54. The Hall–Kier alpha value is -4.13. The van der Waals surface area contributed by atoms with Gasteiger partial charge in [0.05, 0.1) is 19.8 Å². The number of hydrogen-bond donors (Lipinski definition) is 0. The highest BCUT2D eigenvalue weighted by molar-refractivity contribution is 6.07. The highest BCUT2D eigenvalue weighted by Gasteiger charge is 2.27. The zero-order chi connectivity index (χ0) is 22.4. The Morgan fingerprint density at radius 3 is 2.10 bits per heavy atom. The van der Waals surface area contributed by atoms with Crippen LogP contribution in [0.25, 0.3) is 0 Å². The summed E-state index contributed by atoms with van der Waals surface area (Å²) in [5.41, 5.74) is 1.89. The van der Waals surface area contributed by atoms with Crippen molar-refractivity contribution in [1.82, 2.24) is 0 Å². The van der Waals surface area contributed by atoms with E-state index < -0.39 is 11.9 Å². The van der Waals surface area contributed by atoms with Crippen molar-refractivity contribution in [1.29, 1.82) is 0 Å². The molecule has 7 heteroatoms. The van der Waals surface area contributed by atoms with Gasteiger partial charge in [0.25, 0.3) is 5.91 Å². The largest absolute Gasteiger partial charge is 0.465 e. The first kappa shape index (κ1) is 21.6. The molecule has 0 atom stereocenters. The number of hydrogen-bond acceptors (Lipinski definition) is 6. The standard InChI is InChI=1S/C24H22N2O5/c1-25(18-9-5-4-6-10-18)22(27)17-12-14-19(15-13-17)26-16-8-7-11-20(23(28)30-2)21(26)24(29)31-3/h4-16H,1-3H3. The normalized spacial score (nSPS) is 12.9. The minimum absolute atomic E-state index is 0.0137. The molecular formula is C24H22N2O5. The molecule has 0 bridgehead atoms. The molecule has 158 valence electrons. The molecular weight excluding hydrogens is 396 g/mol. The second kappa shape index (κ2) is 9.58. The van der Waals surface area contributed by atoms with Crippen LogP contribution in [0.2, 0.25) is 0 Å². The maximum Gasteiger partial charge on any atom is 0.355 e. The number of methoxy groups -OCH3 is 2. The molecule has 0 aromatic heterocycles. The summed E-state index contributed by atoms with van der Waals surface area (Å²) in [6.45, 7) is 0. The number of nitrogens with zero attached hydrogens (tertiary/aromatic N) is 2. The van der Waals surface area contributed by atoms with Crippen LogP contribution in [0.15, 0.2) is 90.3 Å². The first-order valence-corrected chi connectivity index (χ1v) is 9.46. The third-order valence-electron chi connectivity index (χ3n) is 4.73. The van der Waals surface area contributed by atoms with Gasteiger partial charge in [0, 0.05) is 30.2 Å². The van der Waals surface area contributed by atoms with Gasteiger partial charge in [0.1, 0.15) is 5.70 Å². The van der Waals surface area contributed by atoms with E-state index in [2.05, 4.69) is 0 Å². The first-order valence-electron chi connectivity index (χ1n) is 9.46. The molecule has 1 aliphatic heterocycles. The third-order valence-corrected chi connectivity index (χ3v) is 4.73. The molecule has 0 saturated carbocycles. The fourth-order valence-electron chi connectivity index (χ4n) is 3.09. The molecule has 7 nitrogen and oxygen atoms in total. The average molecular weight is 418 g/mol. The average Bonchev–Trinajstić information content (AvgIpc) is 3.06. The molecule has 0 fully saturated rings. The Labute approximate surface area is 180 Å². The van der Waals surface area contributed by atoms with Crippen LogP contribution in [0.3, 0.4) is 0 Å². The van der Waals surface area contributed by atoms with E-state index in [-0.39, 0.29) is 17.2 Å². The number of anilines is 2. The lowest BCUT2D eigenvalue weighted by Gasteiger charge is -2.23. The van der Waals surface area contributed by atoms with Gasteiger partial charge in [-0.25, -0.2) is 9.59 Å². The van der Waals surface area contributed by atoms with E-state index in [1.165, 1.54) is 25.2 Å². The Bertz CT molecular complexity index is 1070. The summed E-state index contributed by atoms with van der Waals surface area (Å²) in [5, 5.41) is 0. The van der Waals surface area contributed by atoms with E-state index in [1.54, 1.807) is 54.6 Å². The molecule has 0 N–H and O–H groups in total. The van der Waals surface area contributed by atoms with Crippen molar-refractivity contribution in [2.45, 2.75) is 0 Å². The maximum absolute atomic E-state index is 12.8. The minimum Gasteiger partial charge on any atom is -0.465 e. The van der Waals surface area contributed by atoms with E-state index in [0.29, 0.717) is 11.3 Å². The molecule has 1 amide bonds. The summed E-state index contributed by atoms with van der Waals surface area (Å²) in [6.07, 6.45) is 6.43. The minimum atomic E-state index is -0.694. The van der Waals surface area contributed by atoms with Gasteiger partial charge >= 0.3 is 11.9 Å². The van der Waals surface area contributed by atoms with Crippen LogP contribution < -0.4 is 9.80 Å². The molecule has 0 radical (unpaired) electrons. The van der Waals surface area contributed by atoms with Crippen molar-refractivity contribution in [3.63, 3.8) is 0 Å². The van der Waals surface area contributed by atoms with Crippen LogP contribution in [0.1, 0.15) is 10.4 Å². The van der Waals surface area contributed by atoms with Crippen molar-refractivity contribution in [2.75, 3.05) is 31.1 Å². The number of esters is 2. The Kier molecular flexibility index (Phi) is 6.67. The predicted octanol–water partition coefficient (Wildman–Crippen LogP) is 3.45. The first-order chi connectivity index (χ1) is 15.0. The van der Waals surface area contributed by atoms with Crippen LogP contribution in [-0.4, -0.2) is 39.1 Å². The fraction of sp³-hybridized carbons (Fsp3) is 0.125. The summed E-state index contributed by atoms with van der Waals surface area (Å²) in [4.78, 5) is 40.6. The number of benzene rings is 2. The van der Waals surface area contributed by atoms with Gasteiger partial charge < -0.3 is 19.3 Å². The summed E-state index contributed by atoms with van der Waals surface area (Å²) >= 11 is 0. The molecule has 0 aliphatic carbocycles. The molecule has 2 aromatic rings. The topological polar surface area (TPSA) is 76.2 Å². The van der Waals surface area contributed by atoms with Gasteiger partial charge in [-0.15, -0.1) is 0 Å². The van der Waals surface area contributed by atoms with Gasteiger partial charge in [0.2, 0.25) is 0 Å². The molecule has 0 spiro atoms. The lowest BCUT2D eigenvalue weighted by Crippen LogP contribution is -2.27. The second-order valence-corrected chi connectivity index (χ2v) is 6.56. The molecule has 31 heavy (non-hydrogen) atoms. The quantitative estimate of drug-likeness (QED) is 0.693. The molecule has 0 saturated heterocycles. The predicted molar refractivity (Wildman–Crippen MR) is 117 cm³/mol.